The van der Waals surface area contributed by atoms with Crippen LogP contribution in [0, 0.1) is 29.1 Å². The van der Waals surface area contributed by atoms with Crippen LogP contribution in [0.2, 0.25) is 0 Å². The molecule has 0 saturated heterocycles. The summed E-state index contributed by atoms with van der Waals surface area (Å²) >= 11 is 0. The van der Waals surface area contributed by atoms with Crippen LogP contribution in [0.25, 0.3) is 0 Å². The van der Waals surface area contributed by atoms with Crippen molar-refractivity contribution in [3.8, 4) is 6.07 Å². The number of nitriles is 1. The molecule has 0 radical (unpaired) electrons. The fourth-order valence-electron chi connectivity index (χ4n) is 2.12. The highest BCUT2D eigenvalue weighted by molar-refractivity contribution is 5.10. The maximum atomic E-state index is 9.19. The smallest absolute Gasteiger partial charge is 0.0662 e. The van der Waals surface area contributed by atoms with E-state index in [1.54, 1.807) is 0 Å². The van der Waals surface area contributed by atoms with Crippen LogP contribution in [-0.4, -0.2) is 11.2 Å². The molecule has 0 aromatic carbocycles. The van der Waals surface area contributed by atoms with E-state index in [0.717, 1.165) is 12.8 Å². The van der Waals surface area contributed by atoms with E-state index in [1.165, 1.54) is 0 Å². The quantitative estimate of drug-likeness (QED) is 0.510. The number of aliphatic hydroxyl groups is 1. The van der Waals surface area contributed by atoms with E-state index in [4.69, 9.17) is 5.26 Å². The third-order valence-electron chi connectivity index (χ3n) is 2.73. The minimum absolute atomic E-state index is 0.153. The highest BCUT2D eigenvalue weighted by Gasteiger charge is 2.52. The van der Waals surface area contributed by atoms with Crippen LogP contribution in [0.5, 0.6) is 0 Å². The van der Waals surface area contributed by atoms with Gasteiger partial charge in [0.15, 0.2) is 0 Å². The third-order valence-corrected chi connectivity index (χ3v) is 2.73. The van der Waals surface area contributed by atoms with Crippen molar-refractivity contribution in [2.24, 2.45) is 17.8 Å². The number of nitrogens with zero attached hydrogens (tertiary/aromatic N) is 1. The van der Waals surface area contributed by atoms with Crippen molar-refractivity contribution < 1.29 is 5.11 Å². The van der Waals surface area contributed by atoms with Gasteiger partial charge in [0.05, 0.1) is 18.1 Å². The molecule has 0 aliphatic heterocycles. The van der Waals surface area contributed by atoms with E-state index in [0.29, 0.717) is 11.8 Å². The molecule has 9 heavy (non-hydrogen) atoms. The van der Waals surface area contributed by atoms with Gasteiger partial charge >= 0.3 is 0 Å². The Balaban J connectivity index is 2.15. The van der Waals surface area contributed by atoms with Crippen LogP contribution in [0.4, 0.5) is 0 Å². The second kappa shape index (κ2) is 1.48. The van der Waals surface area contributed by atoms with Gasteiger partial charge in [0, 0.05) is 5.92 Å². The molecular weight excluding hydrogens is 114 g/mol. The number of rotatable bonds is 0. The molecule has 1 N–H and O–H groups in total. The standard InChI is InChI=1S/C7H9NO/c8-3-6-4-1-5(6)7(9)2-4/h4-7,9H,1-2H2/t4-,5-,6?,7-/m1/s1. The van der Waals surface area contributed by atoms with E-state index in [1.807, 2.05) is 0 Å². The van der Waals surface area contributed by atoms with Crippen LogP contribution >= 0.6 is 0 Å². The van der Waals surface area contributed by atoms with E-state index in [-0.39, 0.29) is 12.0 Å². The first-order valence-electron chi connectivity index (χ1n) is 3.40. The summed E-state index contributed by atoms with van der Waals surface area (Å²) in [6.07, 6.45) is 1.82. The number of hydrogen-bond donors (Lipinski definition) is 1. The van der Waals surface area contributed by atoms with Gasteiger partial charge in [-0.1, -0.05) is 0 Å². The van der Waals surface area contributed by atoms with Crippen LogP contribution in [-0.2, 0) is 0 Å². The molecule has 0 amide bonds. The average molecular weight is 123 g/mol. The van der Waals surface area contributed by atoms with Gasteiger partial charge in [-0.05, 0) is 18.8 Å². The predicted octanol–water partition coefficient (Wildman–Crippen LogP) is 0.527. The van der Waals surface area contributed by atoms with Crippen molar-refractivity contribution in [3.05, 3.63) is 0 Å². The topological polar surface area (TPSA) is 44.0 Å². The minimum atomic E-state index is -0.153. The first kappa shape index (κ1) is 5.25. The Morgan fingerprint density at radius 1 is 1.44 bits per heavy atom. The molecule has 3 fully saturated rings. The zero-order chi connectivity index (χ0) is 6.43. The summed E-state index contributed by atoms with van der Waals surface area (Å²) in [6, 6.07) is 2.23. The van der Waals surface area contributed by atoms with Gasteiger partial charge in [-0.3, -0.25) is 0 Å². The molecule has 2 heteroatoms. The molecule has 48 valence electrons. The first-order chi connectivity index (χ1) is 4.33. The lowest BCUT2D eigenvalue weighted by atomic mass is 9.73. The molecule has 3 rings (SSSR count). The fraction of sp³-hybridized carbons (Fsp3) is 0.857. The first-order valence-corrected chi connectivity index (χ1v) is 3.40. The average Bonchev–Trinajstić information content (AvgIpc) is 2.22. The Labute approximate surface area is 54.1 Å². The summed E-state index contributed by atoms with van der Waals surface area (Å²) in [6.45, 7) is 0. The molecule has 3 aliphatic rings. The molecule has 1 unspecified atom stereocenters. The molecular formula is C7H9NO. The summed E-state index contributed by atoms with van der Waals surface area (Å²) in [5.41, 5.74) is 0. The molecule has 2 nitrogen and oxygen atoms in total. The Kier molecular flexibility index (Phi) is 0.866. The van der Waals surface area contributed by atoms with Crippen LogP contribution in [0.1, 0.15) is 12.8 Å². The van der Waals surface area contributed by atoms with Gasteiger partial charge < -0.3 is 5.11 Å². The van der Waals surface area contributed by atoms with Crippen molar-refractivity contribution in [3.63, 3.8) is 0 Å². The second-order valence-electron chi connectivity index (χ2n) is 3.12. The lowest BCUT2D eigenvalue weighted by molar-refractivity contribution is 0.107. The highest BCUT2D eigenvalue weighted by atomic mass is 16.3. The summed E-state index contributed by atoms with van der Waals surface area (Å²) in [5.74, 6) is 1.06. The zero-order valence-corrected chi connectivity index (χ0v) is 5.12. The van der Waals surface area contributed by atoms with E-state index < -0.39 is 0 Å². The summed E-state index contributed by atoms with van der Waals surface area (Å²) in [4.78, 5) is 0. The molecule has 3 saturated carbocycles. The molecule has 3 aliphatic carbocycles. The lowest BCUT2D eigenvalue weighted by Crippen LogP contribution is -2.29. The van der Waals surface area contributed by atoms with E-state index >= 15 is 0 Å². The van der Waals surface area contributed by atoms with Crippen LogP contribution in [0.15, 0.2) is 0 Å². The zero-order valence-electron chi connectivity index (χ0n) is 5.12. The minimum Gasteiger partial charge on any atom is -0.393 e. The van der Waals surface area contributed by atoms with E-state index in [9.17, 15) is 5.11 Å². The molecule has 0 aromatic heterocycles. The number of hydrogen-bond acceptors (Lipinski definition) is 2. The molecule has 2 bridgehead atoms. The van der Waals surface area contributed by atoms with Crippen molar-refractivity contribution in [2.45, 2.75) is 18.9 Å². The summed E-state index contributed by atoms with van der Waals surface area (Å²) in [5, 5.41) is 17.7. The normalized spacial score (nSPS) is 54.2. The Bertz CT molecular complexity index is 172. The fourth-order valence-corrected chi connectivity index (χ4v) is 2.12. The summed E-state index contributed by atoms with van der Waals surface area (Å²) in [7, 11) is 0. The molecule has 4 atom stereocenters. The van der Waals surface area contributed by atoms with E-state index in [2.05, 4.69) is 6.07 Å². The van der Waals surface area contributed by atoms with Gasteiger partial charge in [-0.15, -0.1) is 0 Å². The highest BCUT2D eigenvalue weighted by Crippen LogP contribution is 2.52. The lowest BCUT2D eigenvalue weighted by Gasteiger charge is -2.29. The molecule has 0 aromatic rings. The maximum Gasteiger partial charge on any atom is 0.0662 e. The monoisotopic (exact) mass is 123 g/mol. The van der Waals surface area contributed by atoms with Gasteiger partial charge in [-0.25, -0.2) is 0 Å². The molecule has 0 heterocycles. The van der Waals surface area contributed by atoms with Crippen LogP contribution in [0.3, 0.4) is 0 Å². The van der Waals surface area contributed by atoms with Crippen molar-refractivity contribution in [1.29, 1.82) is 5.26 Å². The summed E-state index contributed by atoms with van der Waals surface area (Å²) < 4.78 is 0. The van der Waals surface area contributed by atoms with Gasteiger partial charge in [0.2, 0.25) is 0 Å². The third kappa shape index (κ3) is 0.481. The Morgan fingerprint density at radius 3 is 2.44 bits per heavy atom. The van der Waals surface area contributed by atoms with Gasteiger partial charge in [0.1, 0.15) is 0 Å². The van der Waals surface area contributed by atoms with Crippen molar-refractivity contribution in [1.82, 2.24) is 0 Å². The Morgan fingerprint density at radius 2 is 2.22 bits per heavy atom. The SMILES string of the molecule is N#CC1[C@H]2C[C@@H](O)[C@@H]1C2. The van der Waals surface area contributed by atoms with Crippen LogP contribution < -0.4 is 0 Å². The van der Waals surface area contributed by atoms with Crippen molar-refractivity contribution in [2.75, 3.05) is 0 Å². The second-order valence-corrected chi connectivity index (χ2v) is 3.12. The predicted molar refractivity (Wildman–Crippen MR) is 31.3 cm³/mol. The largest absolute Gasteiger partial charge is 0.393 e. The Hall–Kier alpha value is -0.550. The van der Waals surface area contributed by atoms with Gasteiger partial charge in [0.25, 0.3) is 0 Å². The number of fused-ring (bicyclic) bond motifs is 1. The molecule has 0 spiro atoms. The maximum absolute atomic E-state index is 9.19. The van der Waals surface area contributed by atoms with Gasteiger partial charge in [-0.2, -0.15) is 5.26 Å². The van der Waals surface area contributed by atoms with Crippen molar-refractivity contribution >= 4 is 0 Å². The number of aliphatic hydroxyl groups excluding tert-OH is 1.